The zero-order valence-corrected chi connectivity index (χ0v) is 22.9. The van der Waals surface area contributed by atoms with Crippen molar-refractivity contribution < 1.29 is 13.2 Å². The molecule has 5 rings (SSSR count). The highest BCUT2D eigenvalue weighted by Gasteiger charge is 2.19. The van der Waals surface area contributed by atoms with Crippen LogP contribution in [0.3, 0.4) is 0 Å². The van der Waals surface area contributed by atoms with Gasteiger partial charge in [-0.25, -0.2) is 18.5 Å². The molecule has 0 saturated heterocycles. The monoisotopic (exact) mass is 569 g/mol. The SMILES string of the molecule is Cc1ccc(-c2nn(-c3ccccc3)cc2C=NNC(=O)c2ccccc2NS(=O)(=O)c2ccc(Cl)cc2)cc1. The van der Waals surface area contributed by atoms with Crippen LogP contribution in [-0.2, 0) is 10.0 Å². The fraction of sp³-hybridized carbons (Fsp3) is 0.0333. The van der Waals surface area contributed by atoms with Crippen LogP contribution in [0.2, 0.25) is 5.02 Å². The van der Waals surface area contributed by atoms with Gasteiger partial charge in [-0.05, 0) is 55.5 Å². The van der Waals surface area contributed by atoms with Gasteiger partial charge in [0, 0.05) is 22.3 Å². The molecule has 200 valence electrons. The summed E-state index contributed by atoms with van der Waals surface area (Å²) in [6.07, 6.45) is 3.34. The Kier molecular flexibility index (Phi) is 7.77. The predicted molar refractivity (Wildman–Crippen MR) is 157 cm³/mol. The smallest absolute Gasteiger partial charge is 0.273 e. The van der Waals surface area contributed by atoms with Crippen molar-refractivity contribution in [2.75, 3.05) is 4.72 Å². The lowest BCUT2D eigenvalue weighted by Gasteiger charge is -2.11. The molecule has 0 fully saturated rings. The van der Waals surface area contributed by atoms with Crippen LogP contribution in [0.4, 0.5) is 5.69 Å². The molecule has 1 amide bonds. The summed E-state index contributed by atoms with van der Waals surface area (Å²) in [6, 6.07) is 29.6. The van der Waals surface area contributed by atoms with Gasteiger partial charge in [0.05, 0.1) is 28.0 Å². The molecule has 0 atom stereocenters. The molecular weight excluding hydrogens is 546 g/mol. The number of hydrazone groups is 1. The second kappa shape index (κ2) is 11.6. The summed E-state index contributed by atoms with van der Waals surface area (Å²) in [5.41, 5.74) is 7.00. The lowest BCUT2D eigenvalue weighted by Crippen LogP contribution is -2.21. The van der Waals surface area contributed by atoms with Gasteiger partial charge >= 0.3 is 0 Å². The second-order valence-electron chi connectivity index (χ2n) is 8.88. The normalized spacial score (nSPS) is 11.4. The number of aryl methyl sites for hydroxylation is 1. The fourth-order valence-electron chi connectivity index (χ4n) is 3.94. The van der Waals surface area contributed by atoms with Gasteiger partial charge in [0.25, 0.3) is 15.9 Å². The number of nitrogens with one attached hydrogen (secondary N) is 2. The molecule has 10 heteroatoms. The van der Waals surface area contributed by atoms with E-state index in [0.29, 0.717) is 16.3 Å². The van der Waals surface area contributed by atoms with Crippen molar-refractivity contribution in [3.63, 3.8) is 0 Å². The maximum atomic E-state index is 13.0. The molecule has 4 aromatic carbocycles. The molecule has 0 bridgehead atoms. The molecule has 0 radical (unpaired) electrons. The van der Waals surface area contributed by atoms with Crippen molar-refractivity contribution in [1.82, 2.24) is 15.2 Å². The van der Waals surface area contributed by atoms with Crippen LogP contribution >= 0.6 is 11.6 Å². The maximum Gasteiger partial charge on any atom is 0.273 e. The second-order valence-corrected chi connectivity index (χ2v) is 11.0. The van der Waals surface area contributed by atoms with Crippen LogP contribution < -0.4 is 10.1 Å². The highest BCUT2D eigenvalue weighted by atomic mass is 35.5. The van der Waals surface area contributed by atoms with Gasteiger partial charge in [-0.2, -0.15) is 10.2 Å². The average molecular weight is 570 g/mol. The number of sulfonamides is 1. The van der Waals surface area contributed by atoms with E-state index in [9.17, 15) is 13.2 Å². The Morgan fingerprint density at radius 3 is 2.30 bits per heavy atom. The van der Waals surface area contributed by atoms with Gasteiger partial charge in [0.15, 0.2) is 0 Å². The Labute approximate surface area is 237 Å². The van der Waals surface area contributed by atoms with E-state index in [1.54, 1.807) is 16.8 Å². The van der Waals surface area contributed by atoms with E-state index in [1.165, 1.54) is 42.6 Å². The highest BCUT2D eigenvalue weighted by molar-refractivity contribution is 7.92. The zero-order valence-electron chi connectivity index (χ0n) is 21.3. The number of carbonyl (C=O) groups excluding carboxylic acids is 1. The molecule has 0 saturated carbocycles. The average Bonchev–Trinajstić information content (AvgIpc) is 3.38. The molecule has 0 spiro atoms. The quantitative estimate of drug-likeness (QED) is 0.175. The third-order valence-electron chi connectivity index (χ3n) is 6.00. The van der Waals surface area contributed by atoms with Crippen LogP contribution in [0, 0.1) is 6.92 Å². The number of rotatable bonds is 8. The van der Waals surface area contributed by atoms with Crippen LogP contribution in [0.5, 0.6) is 0 Å². The number of para-hydroxylation sites is 2. The number of carbonyl (C=O) groups is 1. The van der Waals surface area contributed by atoms with Gasteiger partial charge in [-0.15, -0.1) is 0 Å². The van der Waals surface area contributed by atoms with Crippen molar-refractivity contribution in [1.29, 1.82) is 0 Å². The van der Waals surface area contributed by atoms with Crippen molar-refractivity contribution in [2.24, 2.45) is 5.10 Å². The first-order valence-corrected chi connectivity index (χ1v) is 14.1. The summed E-state index contributed by atoms with van der Waals surface area (Å²) < 4.78 is 30.0. The Morgan fingerprint density at radius 2 is 1.57 bits per heavy atom. The molecule has 0 aliphatic carbocycles. The minimum absolute atomic E-state index is 0.0178. The van der Waals surface area contributed by atoms with E-state index in [1.807, 2.05) is 67.7 Å². The number of benzene rings is 4. The van der Waals surface area contributed by atoms with E-state index in [2.05, 4.69) is 15.2 Å². The van der Waals surface area contributed by atoms with Crippen molar-refractivity contribution in [3.05, 3.63) is 131 Å². The van der Waals surface area contributed by atoms with E-state index in [0.717, 1.165) is 16.8 Å². The molecule has 0 aliphatic rings. The van der Waals surface area contributed by atoms with Crippen LogP contribution in [0.15, 0.2) is 119 Å². The topological polar surface area (TPSA) is 105 Å². The first kappa shape index (κ1) is 26.9. The molecule has 1 aromatic heterocycles. The number of anilines is 1. The van der Waals surface area contributed by atoms with E-state index in [4.69, 9.17) is 16.7 Å². The number of aromatic nitrogens is 2. The Morgan fingerprint density at radius 1 is 0.900 bits per heavy atom. The molecule has 40 heavy (non-hydrogen) atoms. The third kappa shape index (κ3) is 6.12. The molecule has 5 aromatic rings. The first-order chi connectivity index (χ1) is 19.3. The summed E-state index contributed by atoms with van der Waals surface area (Å²) in [4.78, 5) is 13.1. The summed E-state index contributed by atoms with van der Waals surface area (Å²) in [5, 5.41) is 9.33. The summed E-state index contributed by atoms with van der Waals surface area (Å²) in [5.74, 6) is -0.585. The number of nitrogens with zero attached hydrogens (tertiary/aromatic N) is 3. The standard InChI is InChI=1S/C30H24ClN5O3S/c1-21-11-13-22(14-12-21)29-23(20-36(34-29)25-7-3-2-4-8-25)19-32-33-30(37)27-9-5-6-10-28(27)35-40(38,39)26-17-15-24(31)16-18-26/h2-20,35H,1H3,(H,33,37). The molecule has 0 aliphatic heterocycles. The lowest BCUT2D eigenvalue weighted by atomic mass is 10.1. The highest BCUT2D eigenvalue weighted by Crippen LogP contribution is 2.24. The van der Waals surface area contributed by atoms with Gasteiger partial charge in [0.1, 0.15) is 5.69 Å². The summed E-state index contributed by atoms with van der Waals surface area (Å²) in [6.45, 7) is 2.01. The fourth-order valence-corrected chi connectivity index (χ4v) is 5.14. The molecule has 2 N–H and O–H groups in total. The van der Waals surface area contributed by atoms with E-state index in [-0.39, 0.29) is 16.1 Å². The Balaban J connectivity index is 1.39. The minimum atomic E-state index is -3.95. The molecule has 8 nitrogen and oxygen atoms in total. The van der Waals surface area contributed by atoms with Gasteiger partial charge in [-0.1, -0.05) is 71.8 Å². The molecular formula is C30H24ClN5O3S. The largest absolute Gasteiger partial charge is 0.279 e. The number of halogens is 1. The number of hydrogen-bond donors (Lipinski definition) is 2. The van der Waals surface area contributed by atoms with Crippen molar-refractivity contribution >= 4 is 39.4 Å². The number of hydrogen-bond acceptors (Lipinski definition) is 5. The minimum Gasteiger partial charge on any atom is -0.279 e. The Bertz CT molecular complexity index is 1780. The lowest BCUT2D eigenvalue weighted by molar-refractivity contribution is 0.0956. The van der Waals surface area contributed by atoms with E-state index >= 15 is 0 Å². The predicted octanol–water partition coefficient (Wildman–Crippen LogP) is 6.07. The third-order valence-corrected chi connectivity index (χ3v) is 7.63. The molecule has 1 heterocycles. The number of amides is 1. The summed E-state index contributed by atoms with van der Waals surface area (Å²) >= 11 is 5.88. The van der Waals surface area contributed by atoms with Crippen LogP contribution in [0.25, 0.3) is 16.9 Å². The van der Waals surface area contributed by atoms with Crippen LogP contribution in [0.1, 0.15) is 21.5 Å². The van der Waals surface area contributed by atoms with Gasteiger partial charge < -0.3 is 0 Å². The zero-order chi connectivity index (χ0) is 28.1. The first-order valence-electron chi connectivity index (χ1n) is 12.2. The van der Waals surface area contributed by atoms with E-state index < -0.39 is 15.9 Å². The molecule has 0 unspecified atom stereocenters. The van der Waals surface area contributed by atoms with Gasteiger partial charge in [-0.3, -0.25) is 9.52 Å². The summed E-state index contributed by atoms with van der Waals surface area (Å²) in [7, 11) is -3.95. The van der Waals surface area contributed by atoms with Gasteiger partial charge in [0.2, 0.25) is 0 Å². The van der Waals surface area contributed by atoms with Crippen LogP contribution in [-0.4, -0.2) is 30.3 Å². The van der Waals surface area contributed by atoms with Crippen molar-refractivity contribution in [3.8, 4) is 16.9 Å². The van der Waals surface area contributed by atoms with Crippen molar-refractivity contribution in [2.45, 2.75) is 11.8 Å². The Hall–Kier alpha value is -4.73. The maximum absolute atomic E-state index is 13.0.